The number of carboxylic acids is 1. The van der Waals surface area contributed by atoms with E-state index < -0.39 is 11.8 Å². The van der Waals surface area contributed by atoms with Gasteiger partial charge in [0.1, 0.15) is 18.4 Å². The number of pyridine rings is 1. The van der Waals surface area contributed by atoms with Crippen molar-refractivity contribution in [1.29, 1.82) is 5.26 Å². The Morgan fingerprint density at radius 3 is 2.73 bits per heavy atom. The summed E-state index contributed by atoms with van der Waals surface area (Å²) < 4.78 is 13.4. The van der Waals surface area contributed by atoms with Crippen LogP contribution < -0.4 is 10.6 Å². The molecule has 3 rings (SSSR count). The molecule has 1 aromatic heterocycles. The average Bonchev–Trinajstić information content (AvgIpc) is 2.63. The molecule has 0 saturated carbocycles. The normalized spacial score (nSPS) is 10.3. The summed E-state index contributed by atoms with van der Waals surface area (Å²) in [5.74, 6) is -1.54. The van der Waals surface area contributed by atoms with Gasteiger partial charge in [0.25, 0.3) is 0 Å². The first-order valence-corrected chi connectivity index (χ1v) is 7.86. The molecule has 130 valence electrons. The highest BCUT2D eigenvalue weighted by Crippen LogP contribution is 2.31. The van der Waals surface area contributed by atoms with Gasteiger partial charge in [0.05, 0.1) is 21.8 Å². The number of hydrogen-bond donors (Lipinski definition) is 3. The van der Waals surface area contributed by atoms with E-state index in [2.05, 4.69) is 21.7 Å². The highest BCUT2D eigenvalue weighted by atomic mass is 35.5. The highest BCUT2D eigenvalue weighted by molar-refractivity contribution is 6.31. The first-order chi connectivity index (χ1) is 12.5. The van der Waals surface area contributed by atoms with Gasteiger partial charge in [-0.3, -0.25) is 9.78 Å². The molecule has 0 aliphatic rings. The number of aliphatic carboxylic acids is 1. The van der Waals surface area contributed by atoms with Crippen molar-refractivity contribution in [1.82, 2.24) is 4.98 Å². The summed E-state index contributed by atoms with van der Waals surface area (Å²) in [6.45, 7) is -0.243. The molecule has 6 nitrogen and oxygen atoms in total. The van der Waals surface area contributed by atoms with Crippen LogP contribution in [0.25, 0.3) is 10.9 Å². The summed E-state index contributed by atoms with van der Waals surface area (Å²) in [5, 5.41) is 24.6. The lowest BCUT2D eigenvalue weighted by atomic mass is 10.1. The Morgan fingerprint density at radius 1 is 1.27 bits per heavy atom. The molecule has 3 N–H and O–H groups in total. The van der Waals surface area contributed by atoms with Crippen LogP contribution in [0, 0.1) is 17.1 Å². The average molecular weight is 371 g/mol. The Bertz CT molecular complexity index is 1050. The van der Waals surface area contributed by atoms with E-state index >= 15 is 0 Å². The van der Waals surface area contributed by atoms with Crippen LogP contribution in [0.1, 0.15) is 5.56 Å². The molecule has 2 aromatic carbocycles. The molecule has 0 unspecified atom stereocenters. The van der Waals surface area contributed by atoms with E-state index in [1.54, 1.807) is 18.2 Å². The van der Waals surface area contributed by atoms with Gasteiger partial charge in [0.15, 0.2) is 0 Å². The molecule has 0 aliphatic carbocycles. The zero-order chi connectivity index (χ0) is 18.7. The van der Waals surface area contributed by atoms with E-state index in [4.69, 9.17) is 16.7 Å². The Hall–Kier alpha value is -3.37. The zero-order valence-corrected chi connectivity index (χ0v) is 14.0. The largest absolute Gasteiger partial charge is 0.480 e. The third-order valence-corrected chi connectivity index (χ3v) is 3.91. The topological polar surface area (TPSA) is 98.0 Å². The minimum atomic E-state index is -0.992. The Morgan fingerprint density at radius 2 is 2.04 bits per heavy atom. The molecule has 0 aliphatic heterocycles. The molecule has 1 heterocycles. The maximum atomic E-state index is 13.4. The van der Waals surface area contributed by atoms with Crippen LogP contribution in [0.5, 0.6) is 0 Å². The number of carboxylic acid groups (broad SMARTS) is 1. The maximum Gasteiger partial charge on any atom is 0.322 e. The van der Waals surface area contributed by atoms with Gasteiger partial charge < -0.3 is 15.7 Å². The summed E-state index contributed by atoms with van der Waals surface area (Å²) in [6, 6.07) is 11.3. The van der Waals surface area contributed by atoms with Gasteiger partial charge in [-0.05, 0) is 36.4 Å². The minimum absolute atomic E-state index is 0.0457. The lowest BCUT2D eigenvalue weighted by molar-refractivity contribution is -0.134. The monoisotopic (exact) mass is 370 g/mol. The Balaban J connectivity index is 2.08. The number of benzene rings is 2. The number of anilines is 3. The fraction of sp³-hybridized carbons (Fsp3) is 0.0556. The van der Waals surface area contributed by atoms with Crippen LogP contribution in [0.2, 0.25) is 5.02 Å². The van der Waals surface area contributed by atoms with E-state index in [9.17, 15) is 14.4 Å². The van der Waals surface area contributed by atoms with Gasteiger partial charge in [-0.15, -0.1) is 0 Å². The summed E-state index contributed by atoms with van der Waals surface area (Å²) in [4.78, 5) is 15.0. The van der Waals surface area contributed by atoms with Gasteiger partial charge in [0.2, 0.25) is 0 Å². The molecule has 0 radical (unpaired) electrons. The second-order valence-corrected chi connectivity index (χ2v) is 5.80. The minimum Gasteiger partial charge on any atom is -0.480 e. The first kappa shape index (κ1) is 17.5. The maximum absolute atomic E-state index is 13.4. The van der Waals surface area contributed by atoms with Crippen molar-refractivity contribution in [2.24, 2.45) is 0 Å². The van der Waals surface area contributed by atoms with E-state index in [0.717, 1.165) is 0 Å². The van der Waals surface area contributed by atoms with Crippen molar-refractivity contribution in [2.75, 3.05) is 17.2 Å². The summed E-state index contributed by atoms with van der Waals surface area (Å²) in [6.07, 6.45) is 1.43. The van der Waals surface area contributed by atoms with Crippen LogP contribution in [-0.4, -0.2) is 22.6 Å². The van der Waals surface area contributed by atoms with Crippen molar-refractivity contribution in [3.05, 3.63) is 59.0 Å². The SMILES string of the molecule is N#Cc1cnc2ccc(NCC(=O)O)cc2c1Nc1ccc(F)c(Cl)c1. The van der Waals surface area contributed by atoms with Crippen molar-refractivity contribution >= 4 is 45.5 Å². The third kappa shape index (κ3) is 3.66. The fourth-order valence-electron chi connectivity index (χ4n) is 2.42. The summed E-state index contributed by atoms with van der Waals surface area (Å²) in [7, 11) is 0. The number of rotatable bonds is 5. The third-order valence-electron chi connectivity index (χ3n) is 3.62. The second-order valence-electron chi connectivity index (χ2n) is 5.39. The molecule has 26 heavy (non-hydrogen) atoms. The Labute approximate surface area is 152 Å². The van der Waals surface area contributed by atoms with Crippen LogP contribution in [0.4, 0.5) is 21.5 Å². The molecule has 8 heteroatoms. The highest BCUT2D eigenvalue weighted by Gasteiger charge is 2.11. The zero-order valence-electron chi connectivity index (χ0n) is 13.3. The molecule has 0 atom stereocenters. The van der Waals surface area contributed by atoms with Crippen molar-refractivity contribution in [2.45, 2.75) is 0 Å². The number of fused-ring (bicyclic) bond motifs is 1. The molecule has 3 aromatic rings. The van der Waals surface area contributed by atoms with Gasteiger partial charge in [-0.25, -0.2) is 4.39 Å². The number of hydrogen-bond acceptors (Lipinski definition) is 5. The predicted octanol–water partition coefficient (Wildman–Crippen LogP) is 4.14. The number of carbonyl (C=O) groups is 1. The van der Waals surface area contributed by atoms with Gasteiger partial charge in [-0.1, -0.05) is 11.6 Å². The van der Waals surface area contributed by atoms with E-state index in [-0.39, 0.29) is 17.1 Å². The van der Waals surface area contributed by atoms with Crippen LogP contribution >= 0.6 is 11.6 Å². The number of aromatic nitrogens is 1. The second kappa shape index (κ2) is 7.25. The lowest BCUT2D eigenvalue weighted by Crippen LogP contribution is -2.12. The van der Waals surface area contributed by atoms with E-state index in [1.165, 1.54) is 24.4 Å². The predicted molar refractivity (Wildman–Crippen MR) is 97.3 cm³/mol. The summed E-state index contributed by atoms with van der Waals surface area (Å²) >= 11 is 5.81. The molecule has 0 bridgehead atoms. The van der Waals surface area contributed by atoms with E-state index in [0.29, 0.717) is 28.0 Å². The van der Waals surface area contributed by atoms with Crippen LogP contribution in [0.3, 0.4) is 0 Å². The van der Waals surface area contributed by atoms with Gasteiger partial charge in [-0.2, -0.15) is 5.26 Å². The number of halogens is 2. The summed E-state index contributed by atoms with van der Waals surface area (Å²) in [5.41, 5.74) is 2.44. The standard InChI is InChI=1S/C18H12ClFN4O2/c19-14-6-12(1-3-15(14)20)24-18-10(7-21)8-23-16-4-2-11(5-13(16)18)22-9-17(25)26/h1-6,8,22H,9H2,(H,23,24)(H,25,26). The smallest absolute Gasteiger partial charge is 0.322 e. The van der Waals surface area contributed by atoms with Gasteiger partial charge in [0, 0.05) is 23.0 Å². The van der Waals surface area contributed by atoms with Crippen molar-refractivity contribution < 1.29 is 14.3 Å². The Kier molecular flexibility index (Phi) is 4.87. The molecule has 0 amide bonds. The number of nitrogens with one attached hydrogen (secondary N) is 2. The van der Waals surface area contributed by atoms with Crippen LogP contribution in [-0.2, 0) is 4.79 Å². The molecule has 0 fully saturated rings. The molecule has 0 spiro atoms. The number of nitrogens with zero attached hydrogens (tertiary/aromatic N) is 2. The number of nitriles is 1. The van der Waals surface area contributed by atoms with E-state index in [1.807, 2.05) is 0 Å². The molecule has 0 saturated heterocycles. The first-order valence-electron chi connectivity index (χ1n) is 7.48. The van der Waals surface area contributed by atoms with Crippen molar-refractivity contribution in [3.63, 3.8) is 0 Å². The van der Waals surface area contributed by atoms with Gasteiger partial charge >= 0.3 is 5.97 Å². The molecular weight excluding hydrogens is 359 g/mol. The quantitative estimate of drug-likeness (QED) is 0.624. The van der Waals surface area contributed by atoms with Crippen molar-refractivity contribution in [3.8, 4) is 6.07 Å². The lowest BCUT2D eigenvalue weighted by Gasteiger charge is -2.13. The fourth-order valence-corrected chi connectivity index (χ4v) is 2.60. The molecular formula is C18H12ClFN4O2. The van der Waals surface area contributed by atoms with Crippen LogP contribution in [0.15, 0.2) is 42.6 Å².